The summed E-state index contributed by atoms with van der Waals surface area (Å²) >= 11 is 5.90. The molecule has 0 atom stereocenters. The molecule has 3 aromatic rings. The second-order valence-electron chi connectivity index (χ2n) is 4.45. The highest BCUT2D eigenvalue weighted by molar-refractivity contribution is 6.17. The maximum absolute atomic E-state index is 14.1. The molecular weight excluding hydrogens is 298 g/mol. The molecule has 0 fully saturated rings. The van der Waals surface area contributed by atoms with Crippen molar-refractivity contribution in [2.75, 3.05) is 7.11 Å². The second kappa shape index (κ2) is 5.33. The standard InChI is InChI=1S/C15H11ClF2N2O/c1-21-10-3-4-12-14(7-10)20(15(8-16)19-12)13-5-2-9(17)6-11(13)18/h2-7H,8H2,1H3. The van der Waals surface area contributed by atoms with E-state index < -0.39 is 11.6 Å². The van der Waals surface area contributed by atoms with Gasteiger partial charge in [0.05, 0.1) is 29.7 Å². The average molecular weight is 309 g/mol. The minimum atomic E-state index is -0.677. The zero-order valence-corrected chi connectivity index (χ0v) is 11.9. The summed E-state index contributed by atoms with van der Waals surface area (Å²) in [4.78, 5) is 4.36. The molecule has 3 nitrogen and oxygen atoms in total. The number of fused-ring (bicyclic) bond motifs is 1. The lowest BCUT2D eigenvalue weighted by Crippen LogP contribution is -2.02. The van der Waals surface area contributed by atoms with E-state index in [2.05, 4.69) is 4.98 Å². The normalized spacial score (nSPS) is 11.0. The Kier molecular flexibility index (Phi) is 3.51. The predicted molar refractivity (Wildman–Crippen MR) is 77.1 cm³/mol. The van der Waals surface area contributed by atoms with E-state index in [1.807, 2.05) is 0 Å². The first-order chi connectivity index (χ1) is 10.1. The molecule has 0 saturated carbocycles. The topological polar surface area (TPSA) is 27.1 Å². The Morgan fingerprint density at radius 1 is 1.19 bits per heavy atom. The van der Waals surface area contributed by atoms with Gasteiger partial charge in [0.25, 0.3) is 0 Å². The molecule has 0 unspecified atom stereocenters. The minimum absolute atomic E-state index is 0.105. The van der Waals surface area contributed by atoms with Crippen molar-refractivity contribution in [1.82, 2.24) is 9.55 Å². The highest BCUT2D eigenvalue weighted by Gasteiger charge is 2.16. The van der Waals surface area contributed by atoms with Gasteiger partial charge < -0.3 is 4.74 Å². The van der Waals surface area contributed by atoms with Gasteiger partial charge in [-0.15, -0.1) is 11.6 Å². The van der Waals surface area contributed by atoms with Gasteiger partial charge in [0.1, 0.15) is 23.2 Å². The van der Waals surface area contributed by atoms with E-state index in [0.717, 1.165) is 6.07 Å². The Morgan fingerprint density at radius 2 is 2.00 bits per heavy atom. The van der Waals surface area contributed by atoms with Gasteiger partial charge in [-0.3, -0.25) is 4.57 Å². The summed E-state index contributed by atoms with van der Waals surface area (Å²) in [6.07, 6.45) is 0. The zero-order valence-electron chi connectivity index (χ0n) is 11.1. The van der Waals surface area contributed by atoms with Crippen molar-refractivity contribution in [3.05, 3.63) is 53.9 Å². The lowest BCUT2D eigenvalue weighted by molar-refractivity contribution is 0.415. The fraction of sp³-hybridized carbons (Fsp3) is 0.133. The Morgan fingerprint density at radius 3 is 2.67 bits per heavy atom. The smallest absolute Gasteiger partial charge is 0.150 e. The van der Waals surface area contributed by atoms with Gasteiger partial charge in [0.2, 0.25) is 0 Å². The van der Waals surface area contributed by atoms with E-state index in [0.29, 0.717) is 22.6 Å². The van der Waals surface area contributed by atoms with Gasteiger partial charge in [-0.25, -0.2) is 13.8 Å². The molecule has 21 heavy (non-hydrogen) atoms. The van der Waals surface area contributed by atoms with E-state index in [9.17, 15) is 8.78 Å². The van der Waals surface area contributed by atoms with Crippen molar-refractivity contribution < 1.29 is 13.5 Å². The van der Waals surface area contributed by atoms with E-state index in [1.54, 1.807) is 29.9 Å². The van der Waals surface area contributed by atoms with Crippen LogP contribution in [0.4, 0.5) is 8.78 Å². The monoisotopic (exact) mass is 308 g/mol. The maximum atomic E-state index is 14.1. The van der Waals surface area contributed by atoms with Gasteiger partial charge in [-0.05, 0) is 24.3 Å². The first-order valence-electron chi connectivity index (χ1n) is 6.21. The van der Waals surface area contributed by atoms with Crippen LogP contribution >= 0.6 is 11.6 Å². The predicted octanol–water partition coefficient (Wildman–Crippen LogP) is 4.05. The van der Waals surface area contributed by atoms with Crippen molar-refractivity contribution in [3.8, 4) is 11.4 Å². The van der Waals surface area contributed by atoms with Crippen LogP contribution in [0.1, 0.15) is 5.82 Å². The van der Waals surface area contributed by atoms with Crippen LogP contribution in [0.3, 0.4) is 0 Å². The number of hydrogen-bond acceptors (Lipinski definition) is 2. The molecule has 0 saturated heterocycles. The van der Waals surface area contributed by atoms with Crippen LogP contribution in [0.5, 0.6) is 5.75 Å². The van der Waals surface area contributed by atoms with Crippen LogP contribution in [0, 0.1) is 11.6 Å². The SMILES string of the molecule is COc1ccc2nc(CCl)n(-c3ccc(F)cc3F)c2c1. The third kappa shape index (κ3) is 2.34. The fourth-order valence-electron chi connectivity index (χ4n) is 2.25. The summed E-state index contributed by atoms with van der Waals surface area (Å²) in [7, 11) is 1.54. The van der Waals surface area contributed by atoms with E-state index >= 15 is 0 Å². The Hall–Kier alpha value is -2.14. The zero-order chi connectivity index (χ0) is 15.0. The first-order valence-corrected chi connectivity index (χ1v) is 6.74. The average Bonchev–Trinajstić information content (AvgIpc) is 2.84. The lowest BCUT2D eigenvalue weighted by atomic mass is 10.2. The third-order valence-corrected chi connectivity index (χ3v) is 3.44. The molecule has 0 aliphatic carbocycles. The van der Waals surface area contributed by atoms with Crippen LogP contribution in [0.2, 0.25) is 0 Å². The van der Waals surface area contributed by atoms with Crippen LogP contribution in [-0.4, -0.2) is 16.7 Å². The molecule has 0 amide bonds. The quantitative estimate of drug-likeness (QED) is 0.683. The molecule has 0 N–H and O–H groups in total. The molecular formula is C15H11ClF2N2O. The Balaban J connectivity index is 2.33. The molecule has 0 radical (unpaired) electrons. The summed E-state index contributed by atoms with van der Waals surface area (Å²) in [6.45, 7) is 0. The molecule has 0 aliphatic rings. The molecule has 1 heterocycles. The molecule has 0 aliphatic heterocycles. The van der Waals surface area contributed by atoms with Crippen LogP contribution in [0.15, 0.2) is 36.4 Å². The summed E-state index contributed by atoms with van der Waals surface area (Å²) in [5.41, 5.74) is 1.51. The largest absolute Gasteiger partial charge is 0.497 e. The number of benzene rings is 2. The van der Waals surface area contributed by atoms with Crippen molar-refractivity contribution >= 4 is 22.6 Å². The summed E-state index contributed by atoms with van der Waals surface area (Å²) < 4.78 is 33.9. The van der Waals surface area contributed by atoms with E-state index in [-0.39, 0.29) is 11.6 Å². The number of hydrogen-bond donors (Lipinski definition) is 0. The van der Waals surface area contributed by atoms with Gasteiger partial charge >= 0.3 is 0 Å². The second-order valence-corrected chi connectivity index (χ2v) is 4.71. The highest BCUT2D eigenvalue weighted by atomic mass is 35.5. The van der Waals surface area contributed by atoms with E-state index in [4.69, 9.17) is 16.3 Å². The number of halogens is 3. The minimum Gasteiger partial charge on any atom is -0.497 e. The number of aromatic nitrogens is 2. The molecule has 2 aromatic carbocycles. The summed E-state index contributed by atoms with van der Waals surface area (Å²) in [5, 5.41) is 0. The summed E-state index contributed by atoms with van der Waals surface area (Å²) in [5.74, 6) is -0.111. The molecule has 108 valence electrons. The number of imidazole rings is 1. The van der Waals surface area contributed by atoms with Crippen LogP contribution < -0.4 is 4.74 Å². The van der Waals surface area contributed by atoms with Crippen LogP contribution in [0.25, 0.3) is 16.7 Å². The van der Waals surface area contributed by atoms with Gasteiger partial charge in [0.15, 0.2) is 0 Å². The number of ether oxygens (including phenoxy) is 1. The van der Waals surface area contributed by atoms with Crippen LogP contribution in [-0.2, 0) is 5.88 Å². The maximum Gasteiger partial charge on any atom is 0.150 e. The number of alkyl halides is 1. The van der Waals surface area contributed by atoms with Crippen molar-refractivity contribution in [1.29, 1.82) is 0 Å². The fourth-order valence-corrected chi connectivity index (χ4v) is 2.43. The number of nitrogens with zero attached hydrogens (tertiary/aromatic N) is 2. The number of rotatable bonds is 3. The summed E-state index contributed by atoms with van der Waals surface area (Å²) in [6, 6.07) is 8.66. The van der Waals surface area contributed by atoms with Crippen molar-refractivity contribution in [2.45, 2.75) is 5.88 Å². The molecule has 3 rings (SSSR count). The van der Waals surface area contributed by atoms with Crippen molar-refractivity contribution in [2.24, 2.45) is 0 Å². The highest BCUT2D eigenvalue weighted by Crippen LogP contribution is 2.27. The van der Waals surface area contributed by atoms with Gasteiger partial charge in [-0.2, -0.15) is 0 Å². The number of methoxy groups -OCH3 is 1. The Bertz CT molecular complexity index is 817. The molecule has 1 aromatic heterocycles. The first kappa shape index (κ1) is 13.8. The van der Waals surface area contributed by atoms with E-state index in [1.165, 1.54) is 12.1 Å². The van der Waals surface area contributed by atoms with Gasteiger partial charge in [-0.1, -0.05) is 0 Å². The molecule has 0 spiro atoms. The molecule has 0 bridgehead atoms. The van der Waals surface area contributed by atoms with Crippen molar-refractivity contribution in [3.63, 3.8) is 0 Å². The third-order valence-electron chi connectivity index (χ3n) is 3.20. The van der Waals surface area contributed by atoms with Gasteiger partial charge in [0, 0.05) is 12.1 Å². The molecule has 6 heteroatoms. The Labute approximate surface area is 124 Å². The lowest BCUT2D eigenvalue weighted by Gasteiger charge is -2.09.